The second kappa shape index (κ2) is 29.5. The molecular weight excluding hydrogens is 905 g/mol. The van der Waals surface area contributed by atoms with Gasteiger partial charge in [0.1, 0.15) is 12.1 Å². The molecule has 2 fully saturated rings. The Morgan fingerprint density at radius 3 is 1.31 bits per heavy atom. The second-order valence-corrected chi connectivity index (χ2v) is 21.5. The molecule has 0 N–H and O–H groups in total. The van der Waals surface area contributed by atoms with E-state index in [9.17, 15) is 47.9 Å². The van der Waals surface area contributed by atoms with E-state index in [-0.39, 0.29) is 115 Å². The average Bonchev–Trinajstić information content (AvgIpc) is 4.01. The van der Waals surface area contributed by atoms with Gasteiger partial charge in [-0.15, -0.1) is 0 Å². The van der Waals surface area contributed by atoms with Crippen molar-refractivity contribution in [1.29, 1.82) is 0 Å². The Morgan fingerprint density at radius 2 is 0.887 bits per heavy atom. The molecule has 4 rings (SSSR count). The molecule has 2 saturated heterocycles. The SMILES string of the molecule is CCC(=O)N(CCCCCCCCCCCCCCCCCCN(C(=O)CC)C1CC(=O)N(CC(C)(C)CC(C)CCN2C(=O)C=CC2=O)C1=O)C1CC(=O)N(CCCC(C)CN2C(=O)C=CC2=O)C1=O. The Bertz CT molecular complexity index is 1910. The lowest BCUT2D eigenvalue weighted by molar-refractivity contribution is -0.145. The van der Waals surface area contributed by atoms with Crippen molar-refractivity contribution < 1.29 is 47.9 Å². The Kier molecular flexibility index (Phi) is 24.3. The zero-order chi connectivity index (χ0) is 52.1. The molecule has 0 bridgehead atoms. The molecule has 0 aromatic heterocycles. The van der Waals surface area contributed by atoms with Crippen LogP contribution in [0.25, 0.3) is 0 Å². The zero-order valence-electron chi connectivity index (χ0n) is 44.1. The fraction of sp³-hybridized carbons (Fsp3) is 0.745. The van der Waals surface area contributed by atoms with E-state index in [1.807, 2.05) is 20.8 Å². The number of amides is 10. The van der Waals surface area contributed by atoms with Gasteiger partial charge in [0.15, 0.2) is 0 Å². The third-order valence-electron chi connectivity index (χ3n) is 14.7. The van der Waals surface area contributed by atoms with Gasteiger partial charge in [-0.2, -0.15) is 0 Å². The number of unbranched alkanes of at least 4 members (excludes halogenated alkanes) is 15. The van der Waals surface area contributed by atoms with Crippen LogP contribution in [0.15, 0.2) is 24.3 Å². The summed E-state index contributed by atoms with van der Waals surface area (Å²) >= 11 is 0. The molecule has 4 unspecified atom stereocenters. The van der Waals surface area contributed by atoms with Crippen molar-refractivity contribution in [2.45, 2.75) is 208 Å². The van der Waals surface area contributed by atoms with Gasteiger partial charge >= 0.3 is 0 Å². The number of carbonyl (C=O) groups excluding carboxylic acids is 10. The first-order valence-electron chi connectivity index (χ1n) is 27.2. The maximum Gasteiger partial charge on any atom is 0.253 e. The number of likely N-dealkylation sites (tertiary alicyclic amines) is 2. The summed E-state index contributed by atoms with van der Waals surface area (Å²) in [5.41, 5.74) is -0.383. The lowest BCUT2D eigenvalue weighted by atomic mass is 9.81. The van der Waals surface area contributed by atoms with E-state index < -0.39 is 12.1 Å². The summed E-state index contributed by atoms with van der Waals surface area (Å²) in [5.74, 6) is -2.37. The predicted molar refractivity (Wildman–Crippen MR) is 270 cm³/mol. The molecule has 0 radical (unpaired) electrons. The van der Waals surface area contributed by atoms with Crippen LogP contribution in [-0.2, 0) is 47.9 Å². The molecule has 4 heterocycles. The van der Waals surface area contributed by atoms with Crippen LogP contribution in [0.2, 0.25) is 0 Å². The molecular formula is C55H86N6O10. The van der Waals surface area contributed by atoms with Crippen molar-refractivity contribution in [1.82, 2.24) is 29.4 Å². The zero-order valence-corrected chi connectivity index (χ0v) is 44.1. The van der Waals surface area contributed by atoms with Gasteiger partial charge in [0, 0.05) is 76.4 Å². The molecule has 0 aromatic rings. The average molecular weight is 991 g/mol. The summed E-state index contributed by atoms with van der Waals surface area (Å²) in [6.45, 7) is 13.7. The third-order valence-corrected chi connectivity index (χ3v) is 14.7. The molecule has 4 atom stereocenters. The van der Waals surface area contributed by atoms with Crippen LogP contribution in [0.1, 0.15) is 196 Å². The molecule has 16 heteroatoms. The monoisotopic (exact) mass is 991 g/mol. The largest absolute Gasteiger partial charge is 0.330 e. The van der Waals surface area contributed by atoms with Gasteiger partial charge in [-0.05, 0) is 55.8 Å². The maximum absolute atomic E-state index is 13.6. The summed E-state index contributed by atoms with van der Waals surface area (Å²) < 4.78 is 0. The second-order valence-electron chi connectivity index (χ2n) is 21.5. The molecule has 10 amide bonds. The topological polar surface area (TPSA) is 190 Å². The smallest absolute Gasteiger partial charge is 0.253 e. The highest BCUT2D eigenvalue weighted by Crippen LogP contribution is 2.32. The van der Waals surface area contributed by atoms with Crippen molar-refractivity contribution in [3.63, 3.8) is 0 Å². The number of nitrogens with zero attached hydrogens (tertiary/aromatic N) is 6. The van der Waals surface area contributed by atoms with Gasteiger partial charge in [-0.25, -0.2) is 0 Å². The highest BCUT2D eigenvalue weighted by atomic mass is 16.2. The number of hydrogen-bond acceptors (Lipinski definition) is 10. The van der Waals surface area contributed by atoms with Crippen LogP contribution >= 0.6 is 0 Å². The summed E-state index contributed by atoms with van der Waals surface area (Å²) in [4.78, 5) is 135. The van der Waals surface area contributed by atoms with Gasteiger partial charge in [0.05, 0.1) is 12.8 Å². The molecule has 0 spiro atoms. The van der Waals surface area contributed by atoms with E-state index in [0.29, 0.717) is 51.9 Å². The van der Waals surface area contributed by atoms with Crippen LogP contribution in [0.5, 0.6) is 0 Å². The van der Waals surface area contributed by atoms with E-state index in [2.05, 4.69) is 6.92 Å². The van der Waals surface area contributed by atoms with Gasteiger partial charge in [-0.3, -0.25) is 67.5 Å². The number of carbonyl (C=O) groups is 10. The lowest BCUT2D eigenvalue weighted by Crippen LogP contribution is -2.47. The quantitative estimate of drug-likeness (QED) is 0.0445. The minimum absolute atomic E-state index is 0.0160. The van der Waals surface area contributed by atoms with Gasteiger partial charge in [-0.1, -0.05) is 131 Å². The predicted octanol–water partition coefficient (Wildman–Crippen LogP) is 7.67. The lowest BCUT2D eigenvalue weighted by Gasteiger charge is -2.33. The Labute approximate surface area is 423 Å². The van der Waals surface area contributed by atoms with E-state index in [0.717, 1.165) is 51.4 Å². The molecule has 4 aliphatic heterocycles. The van der Waals surface area contributed by atoms with Gasteiger partial charge in [0.2, 0.25) is 23.6 Å². The highest BCUT2D eigenvalue weighted by Gasteiger charge is 2.45. The Morgan fingerprint density at radius 1 is 0.507 bits per heavy atom. The maximum atomic E-state index is 13.6. The van der Waals surface area contributed by atoms with Crippen LogP contribution in [-0.4, -0.2) is 140 Å². The number of imide groups is 4. The Balaban J connectivity index is 0.996. The van der Waals surface area contributed by atoms with E-state index in [4.69, 9.17) is 0 Å². The van der Waals surface area contributed by atoms with Crippen LogP contribution < -0.4 is 0 Å². The van der Waals surface area contributed by atoms with Crippen LogP contribution in [0, 0.1) is 17.3 Å². The van der Waals surface area contributed by atoms with Crippen molar-refractivity contribution in [3.05, 3.63) is 24.3 Å². The Hall–Kier alpha value is -5.02. The molecule has 0 aromatic carbocycles. The number of hydrogen-bond donors (Lipinski definition) is 0. The summed E-state index contributed by atoms with van der Waals surface area (Å²) in [5, 5.41) is 0. The molecule has 4 aliphatic rings. The summed E-state index contributed by atoms with van der Waals surface area (Å²) in [7, 11) is 0. The molecule has 396 valence electrons. The van der Waals surface area contributed by atoms with E-state index >= 15 is 0 Å². The molecule has 16 nitrogen and oxygen atoms in total. The minimum atomic E-state index is -0.755. The fourth-order valence-corrected chi connectivity index (χ4v) is 10.7. The van der Waals surface area contributed by atoms with Crippen LogP contribution in [0.4, 0.5) is 0 Å². The first kappa shape index (κ1) is 58.5. The molecule has 0 saturated carbocycles. The first-order valence-corrected chi connectivity index (χ1v) is 27.2. The van der Waals surface area contributed by atoms with Gasteiger partial charge in [0.25, 0.3) is 35.4 Å². The summed E-state index contributed by atoms with van der Waals surface area (Å²) in [6.07, 6.45) is 25.8. The summed E-state index contributed by atoms with van der Waals surface area (Å²) in [6, 6.07) is -1.50. The van der Waals surface area contributed by atoms with Gasteiger partial charge < -0.3 is 9.80 Å². The third kappa shape index (κ3) is 18.2. The van der Waals surface area contributed by atoms with Crippen molar-refractivity contribution in [2.75, 3.05) is 39.3 Å². The number of rotatable bonds is 36. The highest BCUT2D eigenvalue weighted by molar-refractivity contribution is 6.13. The molecule has 71 heavy (non-hydrogen) atoms. The first-order chi connectivity index (χ1) is 33.9. The molecule has 0 aliphatic carbocycles. The van der Waals surface area contributed by atoms with Crippen molar-refractivity contribution >= 4 is 59.1 Å². The van der Waals surface area contributed by atoms with Crippen molar-refractivity contribution in [2.24, 2.45) is 17.3 Å². The normalized spacial score (nSPS) is 19.2. The minimum Gasteiger partial charge on any atom is -0.330 e. The fourth-order valence-electron chi connectivity index (χ4n) is 10.7. The standard InChI is InChI=1S/C55H86N6O10/c1-7-45(62)56(43-36-51(68)59(53(43)70)34-25-26-42(4)39-60-49(66)29-30-50(60)67)32-23-21-19-17-15-13-11-9-10-12-14-16-18-20-22-24-33-57(46(63)8-2)44-37-52(69)61(54(44)71)40-55(5,6)38-41(3)31-35-58-47(64)27-28-48(58)65/h27-30,41-44H,7-26,31-40H2,1-6H3. The van der Waals surface area contributed by atoms with Crippen molar-refractivity contribution in [3.8, 4) is 0 Å². The van der Waals surface area contributed by atoms with E-state index in [1.165, 1.54) is 95.3 Å². The van der Waals surface area contributed by atoms with E-state index in [1.54, 1.807) is 23.6 Å². The van der Waals surface area contributed by atoms with Crippen LogP contribution in [0.3, 0.4) is 0 Å².